The molecule has 3 aliphatic carbocycles. The summed E-state index contributed by atoms with van der Waals surface area (Å²) in [4.78, 5) is 82.0. The third kappa shape index (κ3) is 4.75. The summed E-state index contributed by atoms with van der Waals surface area (Å²) >= 11 is 0. The van der Waals surface area contributed by atoms with Crippen LogP contribution in [0.2, 0.25) is 0 Å². The molecule has 3 aliphatic rings. The summed E-state index contributed by atoms with van der Waals surface area (Å²) in [5.74, 6) is -11.2. The SMILES string of the molecule is C=CCCOC(=O)NCc1cc(N(C)C)c2c(c1O)C(=O)C1C(=O)[C@]3(O)C(=O)C(C(N)=O)C(=O)[C@@H](N(C)C)[C@@H]3C[C@@H]1C2. The number of amides is 2. The number of ether oxygens (including phenoxy) is 1. The summed E-state index contributed by atoms with van der Waals surface area (Å²) < 4.78 is 5.03. The molecule has 0 spiro atoms. The van der Waals surface area contributed by atoms with Crippen molar-refractivity contribution in [3.05, 3.63) is 35.4 Å². The number of fused-ring (bicyclic) bond motifs is 3. The number of carbonyl (C=O) groups excluding carboxylic acids is 6. The van der Waals surface area contributed by atoms with Crippen LogP contribution in [0.1, 0.15) is 34.3 Å². The van der Waals surface area contributed by atoms with Crippen LogP contribution in [0.5, 0.6) is 5.75 Å². The second kappa shape index (κ2) is 11.3. The van der Waals surface area contributed by atoms with Crippen molar-refractivity contribution in [3.8, 4) is 5.75 Å². The molecule has 13 nitrogen and oxygen atoms in total. The number of nitrogens with one attached hydrogen (secondary N) is 1. The summed E-state index contributed by atoms with van der Waals surface area (Å²) in [6.45, 7) is 3.46. The third-order valence-corrected chi connectivity index (χ3v) is 8.58. The number of hydrogen-bond acceptors (Lipinski definition) is 11. The van der Waals surface area contributed by atoms with E-state index in [2.05, 4.69) is 11.9 Å². The molecule has 2 fully saturated rings. The largest absolute Gasteiger partial charge is 0.507 e. The van der Waals surface area contributed by atoms with E-state index in [1.165, 1.54) is 19.0 Å². The van der Waals surface area contributed by atoms with E-state index in [1.54, 1.807) is 31.1 Å². The number of primary amides is 1. The molecule has 6 atom stereocenters. The lowest BCUT2D eigenvalue weighted by molar-refractivity contribution is -0.181. The Balaban J connectivity index is 1.77. The Kier molecular flexibility index (Phi) is 8.29. The Morgan fingerprint density at radius 2 is 1.86 bits per heavy atom. The molecular weight excluding hydrogens is 548 g/mol. The van der Waals surface area contributed by atoms with E-state index in [9.17, 15) is 39.0 Å². The second-order valence-corrected chi connectivity index (χ2v) is 11.5. The van der Waals surface area contributed by atoms with Crippen molar-refractivity contribution < 1.29 is 43.7 Å². The van der Waals surface area contributed by atoms with Crippen molar-refractivity contribution in [2.75, 3.05) is 39.7 Å². The molecule has 226 valence electrons. The molecule has 13 heteroatoms. The van der Waals surface area contributed by atoms with E-state index < -0.39 is 76.2 Å². The van der Waals surface area contributed by atoms with Gasteiger partial charge in [0.25, 0.3) is 0 Å². The summed E-state index contributed by atoms with van der Waals surface area (Å²) in [6.07, 6.45) is 1.38. The molecule has 2 saturated carbocycles. The molecule has 0 aliphatic heterocycles. The zero-order valence-corrected chi connectivity index (χ0v) is 24.0. The molecule has 1 aromatic carbocycles. The number of alkyl carbamates (subject to hydrolysis) is 1. The van der Waals surface area contributed by atoms with Crippen LogP contribution >= 0.6 is 0 Å². The van der Waals surface area contributed by atoms with E-state index in [1.807, 2.05) is 0 Å². The number of aromatic hydroxyl groups is 1. The van der Waals surface area contributed by atoms with Gasteiger partial charge in [-0.05, 0) is 50.9 Å². The fourth-order valence-electron chi connectivity index (χ4n) is 6.69. The number of rotatable bonds is 8. The van der Waals surface area contributed by atoms with Gasteiger partial charge in [-0.1, -0.05) is 6.08 Å². The van der Waals surface area contributed by atoms with E-state index in [0.717, 1.165) is 0 Å². The van der Waals surface area contributed by atoms with Crippen LogP contribution < -0.4 is 16.0 Å². The lowest BCUT2D eigenvalue weighted by Gasteiger charge is -2.52. The fraction of sp³-hybridized carbons (Fsp3) is 0.517. The number of nitrogens with zero attached hydrogens (tertiary/aromatic N) is 2. The van der Waals surface area contributed by atoms with Crippen LogP contribution in [-0.4, -0.2) is 96.7 Å². The molecule has 2 amide bonds. The lowest BCUT2D eigenvalue weighted by Crippen LogP contribution is -2.74. The van der Waals surface area contributed by atoms with Gasteiger partial charge in [0, 0.05) is 37.8 Å². The minimum absolute atomic E-state index is 0.0443. The van der Waals surface area contributed by atoms with Gasteiger partial charge in [0.05, 0.1) is 24.1 Å². The topological polar surface area (TPSA) is 197 Å². The van der Waals surface area contributed by atoms with Gasteiger partial charge in [-0.25, -0.2) is 4.79 Å². The van der Waals surface area contributed by atoms with Gasteiger partial charge in [-0.15, -0.1) is 6.58 Å². The standard InChI is InChI=1S/C29H36N4O9/c1-6-7-8-42-28(40)31-12-14-11-17(32(2)3)15-9-13-10-16-21(33(4)5)24(36)20(27(30)39)26(38)29(16,41)25(37)18(13)23(35)19(15)22(14)34/h6,11,13,16,18,20-21,34,41H,1,7-10,12H2,2-5H3,(H2,30,39)(H,31,40)/t13-,16-,18?,20?,21-,29-/m0/s1. The maximum absolute atomic E-state index is 14.0. The van der Waals surface area contributed by atoms with Gasteiger partial charge in [0.2, 0.25) is 5.91 Å². The maximum atomic E-state index is 14.0. The zero-order valence-electron chi connectivity index (χ0n) is 24.0. The third-order valence-electron chi connectivity index (χ3n) is 8.58. The summed E-state index contributed by atoms with van der Waals surface area (Å²) in [6, 6.07) is 0.452. The molecule has 0 heterocycles. The van der Waals surface area contributed by atoms with Crippen molar-refractivity contribution in [2.24, 2.45) is 29.4 Å². The smallest absolute Gasteiger partial charge is 0.407 e. The molecule has 42 heavy (non-hydrogen) atoms. The summed E-state index contributed by atoms with van der Waals surface area (Å²) in [7, 11) is 6.53. The Morgan fingerprint density at radius 3 is 2.43 bits per heavy atom. The average Bonchev–Trinajstić information content (AvgIpc) is 2.89. The summed E-state index contributed by atoms with van der Waals surface area (Å²) in [5.41, 5.74) is 3.62. The van der Waals surface area contributed by atoms with Crippen molar-refractivity contribution >= 4 is 40.8 Å². The first-order valence-corrected chi connectivity index (χ1v) is 13.6. The highest BCUT2D eigenvalue weighted by atomic mass is 16.5. The number of carbonyl (C=O) groups is 6. The van der Waals surface area contributed by atoms with Crippen LogP contribution in [0.15, 0.2) is 18.7 Å². The number of anilines is 1. The Bertz CT molecular complexity index is 1390. The van der Waals surface area contributed by atoms with Crippen molar-refractivity contribution in [1.82, 2.24) is 10.2 Å². The van der Waals surface area contributed by atoms with E-state index in [-0.39, 0.29) is 37.1 Å². The predicted molar refractivity (Wildman–Crippen MR) is 149 cm³/mol. The van der Waals surface area contributed by atoms with Gasteiger partial charge in [0.1, 0.15) is 5.75 Å². The number of aliphatic hydroxyl groups is 1. The maximum Gasteiger partial charge on any atom is 0.407 e. The van der Waals surface area contributed by atoms with Crippen LogP contribution in [-0.2, 0) is 36.9 Å². The molecule has 0 bridgehead atoms. The number of benzene rings is 1. The molecule has 2 unspecified atom stereocenters. The molecular formula is C29H36N4O9. The van der Waals surface area contributed by atoms with Crippen LogP contribution in [0, 0.1) is 23.7 Å². The Labute approximate surface area is 242 Å². The second-order valence-electron chi connectivity index (χ2n) is 11.5. The van der Waals surface area contributed by atoms with Gasteiger partial charge in [-0.2, -0.15) is 0 Å². The number of phenols is 1. The van der Waals surface area contributed by atoms with Crippen LogP contribution in [0.4, 0.5) is 10.5 Å². The molecule has 1 aromatic rings. The van der Waals surface area contributed by atoms with Crippen molar-refractivity contribution in [1.29, 1.82) is 0 Å². The molecule has 4 rings (SSSR count). The van der Waals surface area contributed by atoms with Gasteiger partial charge < -0.3 is 30.9 Å². The number of likely N-dealkylation sites (N-methyl/N-ethyl adjacent to an activating group) is 1. The molecule has 0 aromatic heterocycles. The minimum Gasteiger partial charge on any atom is -0.507 e. The fourth-order valence-corrected chi connectivity index (χ4v) is 6.69. The van der Waals surface area contributed by atoms with E-state index in [4.69, 9.17) is 10.5 Å². The average molecular weight is 585 g/mol. The lowest BCUT2D eigenvalue weighted by atomic mass is 9.52. The number of hydrogen-bond donors (Lipinski definition) is 4. The number of phenolic OH excluding ortho intramolecular Hbond substituents is 1. The predicted octanol–water partition coefficient (Wildman–Crippen LogP) is -0.265. The normalized spacial score (nSPS) is 28.5. The number of nitrogens with two attached hydrogens (primary N) is 1. The summed E-state index contributed by atoms with van der Waals surface area (Å²) in [5, 5.41) is 25.5. The first-order valence-electron chi connectivity index (χ1n) is 13.6. The van der Waals surface area contributed by atoms with Gasteiger partial charge >= 0.3 is 6.09 Å². The molecule has 0 saturated heterocycles. The monoisotopic (exact) mass is 584 g/mol. The Morgan fingerprint density at radius 1 is 1.19 bits per heavy atom. The van der Waals surface area contributed by atoms with Crippen molar-refractivity contribution in [2.45, 2.75) is 37.5 Å². The quantitative estimate of drug-likeness (QED) is 0.178. The Hall–Kier alpha value is -4.10. The van der Waals surface area contributed by atoms with Crippen molar-refractivity contribution in [3.63, 3.8) is 0 Å². The highest BCUT2D eigenvalue weighted by molar-refractivity contribution is 6.32. The highest BCUT2D eigenvalue weighted by Crippen LogP contribution is 2.52. The zero-order chi connectivity index (χ0) is 31.3. The molecule has 5 N–H and O–H groups in total. The molecule has 0 radical (unpaired) electrons. The van der Waals surface area contributed by atoms with Crippen LogP contribution in [0.25, 0.3) is 0 Å². The van der Waals surface area contributed by atoms with Gasteiger partial charge in [0.15, 0.2) is 34.7 Å². The van der Waals surface area contributed by atoms with Crippen LogP contribution in [0.3, 0.4) is 0 Å². The van der Waals surface area contributed by atoms with E-state index in [0.29, 0.717) is 17.7 Å². The van der Waals surface area contributed by atoms with E-state index >= 15 is 0 Å². The first kappa shape index (κ1) is 30.8. The first-order chi connectivity index (χ1) is 19.7. The highest BCUT2D eigenvalue weighted by Gasteiger charge is 2.69. The van der Waals surface area contributed by atoms with Gasteiger partial charge in [-0.3, -0.25) is 28.9 Å². The minimum atomic E-state index is -2.80. The number of ketones is 4. The number of Topliss-reactive ketones (excluding diaryl/α,β-unsaturated/α-hetero) is 4.